The minimum absolute atomic E-state index is 0. The molecule has 11 nitrogen and oxygen atoms in total. The number of halogens is 6. The summed E-state index contributed by atoms with van der Waals surface area (Å²) in [7, 11) is 6.94. The van der Waals surface area contributed by atoms with Crippen molar-refractivity contribution in [2.24, 2.45) is 11.8 Å². The fourth-order valence-corrected chi connectivity index (χ4v) is 4.89. The minimum Gasteiger partial charge on any atom is -0.870 e. The molecule has 0 aliphatic carbocycles. The first-order valence-corrected chi connectivity index (χ1v) is 15.3. The molecule has 2 atom stereocenters. The van der Waals surface area contributed by atoms with Gasteiger partial charge in [0.2, 0.25) is 0 Å². The maximum atomic E-state index is 13.3. The van der Waals surface area contributed by atoms with Gasteiger partial charge in [-0.2, -0.15) is 26.3 Å². The average Bonchev–Trinajstić information content (AvgIpc) is 2.91. The number of carbonyl (C=O) groups excluding carboxylic acids is 1. The number of rotatable bonds is 13. The number of nitrogens with zero attached hydrogens (tertiary/aromatic N) is 4. The predicted molar refractivity (Wildman–Crippen MR) is 170 cm³/mol. The van der Waals surface area contributed by atoms with E-state index in [0.717, 1.165) is 21.5 Å². The molecule has 0 radical (unpaired) electrons. The van der Waals surface area contributed by atoms with E-state index in [2.05, 4.69) is 0 Å². The van der Waals surface area contributed by atoms with Crippen LogP contribution in [0.5, 0.6) is 0 Å². The fraction of sp³-hybridized carbons (Fsp3) is 0.625. The van der Waals surface area contributed by atoms with E-state index in [0.29, 0.717) is 25.2 Å². The van der Waals surface area contributed by atoms with Gasteiger partial charge in [-0.1, -0.05) is 27.7 Å². The number of likely N-dealkylation sites (N-methyl/N-ethyl adjacent to an activating group) is 2. The number of aromatic nitrogens is 2. The van der Waals surface area contributed by atoms with Crippen LogP contribution < -0.4 is 30.0 Å². The molecule has 0 bridgehead atoms. The van der Waals surface area contributed by atoms with Gasteiger partial charge in [0.25, 0.3) is 11.1 Å². The molecule has 2 unspecified atom stereocenters. The molecule has 18 heteroatoms. The van der Waals surface area contributed by atoms with E-state index in [1.807, 2.05) is 0 Å². The van der Waals surface area contributed by atoms with Gasteiger partial charge in [0.15, 0.2) is 0 Å². The van der Waals surface area contributed by atoms with Gasteiger partial charge in [-0.15, -0.1) is 0 Å². The van der Waals surface area contributed by atoms with Crippen molar-refractivity contribution in [3.05, 3.63) is 67.5 Å². The first kappa shape index (κ1) is 49.0. The predicted octanol–water partition coefficient (Wildman–Crippen LogP) is 1.81. The van der Waals surface area contributed by atoms with Crippen molar-refractivity contribution in [1.82, 2.24) is 18.9 Å². The van der Waals surface area contributed by atoms with Crippen LogP contribution in [0.25, 0.3) is 0 Å². The average molecular weight is 721 g/mol. The third-order valence-corrected chi connectivity index (χ3v) is 7.24. The molecular weight excluding hydrogens is 673 g/mol. The van der Waals surface area contributed by atoms with Crippen LogP contribution in [0.2, 0.25) is 0 Å². The molecule has 0 saturated heterocycles. The van der Waals surface area contributed by atoms with Crippen LogP contribution in [0.4, 0.5) is 26.3 Å². The normalized spacial score (nSPS) is 12.9. The van der Waals surface area contributed by atoms with E-state index in [1.165, 1.54) is 0 Å². The van der Waals surface area contributed by atoms with Gasteiger partial charge in [0.05, 0.1) is 17.7 Å². The minimum atomic E-state index is -4.66. The quantitative estimate of drug-likeness (QED) is 0.186. The number of esters is 1. The summed E-state index contributed by atoms with van der Waals surface area (Å²) in [5, 5.41) is 9.27. The van der Waals surface area contributed by atoms with Crippen LogP contribution in [0.3, 0.4) is 0 Å². The van der Waals surface area contributed by atoms with Crippen molar-refractivity contribution in [2.75, 3.05) is 47.9 Å². The van der Waals surface area contributed by atoms with Gasteiger partial charge in [-0.05, 0) is 70.9 Å². The van der Waals surface area contributed by atoms with Crippen molar-refractivity contribution in [3.8, 4) is 0 Å². The smallest absolute Gasteiger partial charge is 0.870 e. The molecule has 0 fully saturated rings. The Morgan fingerprint density at radius 3 is 1.36 bits per heavy atom. The standard InChI is InChI=1S/C17H25F3N2O3.C15H21F3N2O3.Li.H2O/c1-6-25-16(24)15(11(2)3)22-10-12(7-8-21(4)5)13(9-14(22)23)17(18,19)20;1-9(2)13(14(22)23)20-8-10(5-6-19(3)4)11(7-12(20)21)15(16,17)18;;/h9-11,15H,6-8H2,1-5H3;7-9,13H,5-6H2,1-4H3,(H,22,23);;1H2/q;;+1;/p-1. The Morgan fingerprint density at radius 2 is 1.10 bits per heavy atom. The number of carboxylic acid groups (broad SMARTS) is 1. The van der Waals surface area contributed by atoms with Crippen molar-refractivity contribution in [2.45, 2.75) is 71.9 Å². The third kappa shape index (κ3) is 14.3. The summed E-state index contributed by atoms with van der Waals surface area (Å²) < 4.78 is 86.1. The molecule has 0 aliphatic rings. The summed E-state index contributed by atoms with van der Waals surface area (Å²) in [6.07, 6.45) is -6.93. The molecule has 0 aliphatic heterocycles. The SMILES string of the molecule is CC(C)C(C(=O)O)n1cc(CCN(C)C)c(C(F)(F)F)cc1=O.CCOC(=O)C(C(C)C)n1cc(CCN(C)C)c(C(F)(F)F)cc1=O.[Li+].[OH-]. The molecule has 0 amide bonds. The molecule has 2 N–H and O–H groups in total. The number of ether oxygens (including phenoxy) is 1. The Bertz CT molecular complexity index is 1510. The summed E-state index contributed by atoms with van der Waals surface area (Å²) in [6, 6.07) is -1.11. The number of pyridine rings is 2. The molecule has 2 aromatic rings. The number of carboxylic acids is 1. The van der Waals surface area contributed by atoms with Gasteiger partial charge < -0.3 is 34.3 Å². The molecule has 0 spiro atoms. The summed E-state index contributed by atoms with van der Waals surface area (Å²) >= 11 is 0. The summed E-state index contributed by atoms with van der Waals surface area (Å²) in [6.45, 7) is 9.12. The number of hydrogen-bond acceptors (Lipinski definition) is 8. The van der Waals surface area contributed by atoms with Crippen molar-refractivity contribution >= 4 is 11.9 Å². The van der Waals surface area contributed by atoms with Gasteiger partial charge in [0.1, 0.15) is 12.1 Å². The van der Waals surface area contributed by atoms with Crippen LogP contribution in [0.1, 0.15) is 69.0 Å². The molecule has 50 heavy (non-hydrogen) atoms. The van der Waals surface area contributed by atoms with E-state index in [4.69, 9.17) is 4.74 Å². The summed E-state index contributed by atoms with van der Waals surface area (Å²) in [5.74, 6) is -2.63. The zero-order valence-electron chi connectivity index (χ0n) is 30.1. The van der Waals surface area contributed by atoms with E-state index < -0.39 is 64.5 Å². The third-order valence-electron chi connectivity index (χ3n) is 7.24. The monoisotopic (exact) mass is 720 g/mol. The topological polar surface area (TPSA) is 144 Å². The first-order chi connectivity index (χ1) is 21.9. The molecular formula is C32H47F6LiN4O7. The second-order valence-electron chi connectivity index (χ2n) is 12.5. The molecule has 2 aromatic heterocycles. The van der Waals surface area contributed by atoms with Crippen LogP contribution >= 0.6 is 0 Å². The zero-order chi connectivity index (χ0) is 37.3. The van der Waals surface area contributed by atoms with Crippen LogP contribution in [0.15, 0.2) is 34.1 Å². The van der Waals surface area contributed by atoms with Gasteiger partial charge >= 0.3 is 43.2 Å². The van der Waals surface area contributed by atoms with Crippen molar-refractivity contribution < 1.29 is 70.1 Å². The Kier molecular flexibility index (Phi) is 20.3. The largest absolute Gasteiger partial charge is 1.00 e. The van der Waals surface area contributed by atoms with Crippen molar-refractivity contribution in [1.29, 1.82) is 0 Å². The van der Waals surface area contributed by atoms with E-state index in [-0.39, 0.29) is 60.8 Å². The van der Waals surface area contributed by atoms with E-state index in [9.17, 15) is 50.6 Å². The number of alkyl halides is 6. The fourth-order valence-electron chi connectivity index (χ4n) is 4.89. The Labute approximate surface area is 299 Å². The first-order valence-electron chi connectivity index (χ1n) is 15.3. The second-order valence-corrected chi connectivity index (χ2v) is 12.5. The van der Waals surface area contributed by atoms with Crippen LogP contribution in [0, 0.1) is 11.8 Å². The Balaban J connectivity index is 0. The van der Waals surface area contributed by atoms with Gasteiger partial charge in [0, 0.05) is 37.6 Å². The number of aliphatic carboxylic acids is 1. The van der Waals surface area contributed by atoms with Crippen molar-refractivity contribution in [3.63, 3.8) is 0 Å². The molecule has 2 rings (SSSR count). The maximum Gasteiger partial charge on any atom is 1.00 e. The summed E-state index contributed by atoms with van der Waals surface area (Å²) in [5.41, 5.74) is -3.90. The van der Waals surface area contributed by atoms with Crippen LogP contribution in [-0.2, 0) is 39.5 Å². The molecule has 280 valence electrons. The Hall–Kier alpha value is -3.10. The number of carbonyl (C=O) groups is 2. The molecule has 2 heterocycles. The van der Waals surface area contributed by atoms with E-state index in [1.54, 1.807) is 72.6 Å². The zero-order valence-corrected chi connectivity index (χ0v) is 30.1. The van der Waals surface area contributed by atoms with Crippen LogP contribution in [-0.4, -0.2) is 89.3 Å². The number of hydrogen-bond donors (Lipinski definition) is 1. The summed E-state index contributed by atoms with van der Waals surface area (Å²) in [4.78, 5) is 51.3. The van der Waals surface area contributed by atoms with E-state index >= 15 is 0 Å². The Morgan fingerprint density at radius 1 is 0.760 bits per heavy atom. The molecule has 0 saturated carbocycles. The maximum absolute atomic E-state index is 13.3. The van der Waals surface area contributed by atoms with Gasteiger partial charge in [-0.25, -0.2) is 9.59 Å². The van der Waals surface area contributed by atoms with Gasteiger partial charge in [-0.3, -0.25) is 9.59 Å². The second kappa shape index (κ2) is 20.7. The molecule has 0 aromatic carbocycles.